The molecule has 0 aromatic heterocycles. The van der Waals surface area contributed by atoms with Gasteiger partial charge >= 0.3 is 12.0 Å². The van der Waals surface area contributed by atoms with Gasteiger partial charge in [-0.1, -0.05) is 11.6 Å². The van der Waals surface area contributed by atoms with Crippen LogP contribution in [0.5, 0.6) is 0 Å². The highest BCUT2D eigenvalue weighted by Gasteiger charge is 2.40. The number of hydrogen-bond acceptors (Lipinski definition) is 2. The minimum Gasteiger partial charge on any atom is -0.481 e. The zero-order valence-corrected chi connectivity index (χ0v) is 11.3. The highest BCUT2D eigenvalue weighted by molar-refractivity contribution is 6.30. The van der Waals surface area contributed by atoms with Crippen LogP contribution >= 0.6 is 11.6 Å². The van der Waals surface area contributed by atoms with Crippen LogP contribution in [0.3, 0.4) is 0 Å². The van der Waals surface area contributed by atoms with Crippen LogP contribution in [0.4, 0.5) is 14.9 Å². The zero-order valence-electron chi connectivity index (χ0n) is 10.6. The van der Waals surface area contributed by atoms with Crippen LogP contribution in [0, 0.1) is 5.82 Å². The molecule has 1 aromatic carbocycles. The minimum atomic E-state index is -0.970. The van der Waals surface area contributed by atoms with E-state index in [1.54, 1.807) is 0 Å². The average molecular weight is 301 g/mol. The molecule has 0 heterocycles. The summed E-state index contributed by atoms with van der Waals surface area (Å²) in [7, 11) is 0. The number of halogens is 2. The molecule has 20 heavy (non-hydrogen) atoms. The van der Waals surface area contributed by atoms with E-state index in [2.05, 4.69) is 10.6 Å². The minimum absolute atomic E-state index is 0.00306. The lowest BCUT2D eigenvalue weighted by molar-refractivity contribution is -0.139. The molecular weight excluding hydrogens is 287 g/mol. The largest absolute Gasteiger partial charge is 0.481 e. The number of benzene rings is 1. The van der Waals surface area contributed by atoms with E-state index in [-0.39, 0.29) is 17.1 Å². The van der Waals surface area contributed by atoms with Gasteiger partial charge in [-0.15, -0.1) is 0 Å². The zero-order chi connectivity index (χ0) is 14.8. The molecule has 5 nitrogen and oxygen atoms in total. The van der Waals surface area contributed by atoms with E-state index in [9.17, 15) is 14.0 Å². The molecule has 0 atom stereocenters. The lowest BCUT2D eigenvalue weighted by atomic mass is 9.74. The fraction of sp³-hybridized carbons (Fsp3) is 0.385. The van der Waals surface area contributed by atoms with Crippen molar-refractivity contribution in [3.05, 3.63) is 29.0 Å². The van der Waals surface area contributed by atoms with Crippen molar-refractivity contribution in [2.75, 3.05) is 5.32 Å². The molecule has 2 amide bonds. The van der Waals surface area contributed by atoms with Crippen molar-refractivity contribution in [3.63, 3.8) is 0 Å². The van der Waals surface area contributed by atoms with E-state index < -0.39 is 23.4 Å². The molecular formula is C13H14ClFN2O3. The summed E-state index contributed by atoms with van der Waals surface area (Å²) in [6, 6.07) is 3.28. The van der Waals surface area contributed by atoms with Gasteiger partial charge in [-0.05, 0) is 37.5 Å². The van der Waals surface area contributed by atoms with Crippen LogP contribution in [0.2, 0.25) is 5.02 Å². The monoisotopic (exact) mass is 300 g/mol. The smallest absolute Gasteiger partial charge is 0.319 e. The van der Waals surface area contributed by atoms with Gasteiger partial charge in [0.1, 0.15) is 5.82 Å². The van der Waals surface area contributed by atoms with Crippen LogP contribution in [0.1, 0.15) is 25.7 Å². The number of carboxylic acids is 1. The number of urea groups is 1. The van der Waals surface area contributed by atoms with Gasteiger partial charge in [0.25, 0.3) is 0 Å². The average Bonchev–Trinajstić information content (AvgIpc) is 2.29. The molecule has 1 aliphatic rings. The summed E-state index contributed by atoms with van der Waals surface area (Å²) in [4.78, 5) is 22.6. The molecule has 0 radical (unpaired) electrons. The van der Waals surface area contributed by atoms with Gasteiger partial charge in [0.05, 0.1) is 17.6 Å². The second kappa shape index (κ2) is 5.66. The Bertz CT molecular complexity index is 546. The van der Waals surface area contributed by atoms with Crippen LogP contribution in [0.25, 0.3) is 0 Å². The van der Waals surface area contributed by atoms with Crippen LogP contribution < -0.4 is 10.6 Å². The number of carbonyl (C=O) groups is 2. The first-order valence-corrected chi connectivity index (χ1v) is 6.54. The molecule has 0 unspecified atom stereocenters. The molecule has 1 saturated carbocycles. The number of aliphatic carboxylic acids is 1. The Labute approximate surface area is 120 Å². The fourth-order valence-corrected chi connectivity index (χ4v) is 2.38. The molecule has 1 aromatic rings. The quantitative estimate of drug-likeness (QED) is 0.800. The molecule has 0 spiro atoms. The van der Waals surface area contributed by atoms with Crippen LogP contribution in [-0.4, -0.2) is 22.6 Å². The van der Waals surface area contributed by atoms with E-state index in [4.69, 9.17) is 16.7 Å². The second-order valence-electron chi connectivity index (χ2n) is 4.91. The Morgan fingerprint density at radius 3 is 2.60 bits per heavy atom. The maximum absolute atomic E-state index is 13.5. The number of rotatable bonds is 4. The highest BCUT2D eigenvalue weighted by atomic mass is 35.5. The van der Waals surface area contributed by atoms with Gasteiger partial charge in [-0.25, -0.2) is 9.18 Å². The third-order valence-corrected chi connectivity index (χ3v) is 3.59. The number of carbonyl (C=O) groups excluding carboxylic acids is 1. The number of amides is 2. The van der Waals surface area contributed by atoms with Gasteiger partial charge in [0.15, 0.2) is 0 Å². The van der Waals surface area contributed by atoms with E-state index in [1.807, 2.05) is 0 Å². The molecule has 0 bridgehead atoms. The maximum Gasteiger partial charge on any atom is 0.319 e. The Balaban J connectivity index is 1.99. The number of carboxylic acid groups (broad SMARTS) is 1. The third-order valence-electron chi connectivity index (χ3n) is 3.36. The van der Waals surface area contributed by atoms with Crippen molar-refractivity contribution in [1.82, 2.24) is 5.32 Å². The van der Waals surface area contributed by atoms with Gasteiger partial charge < -0.3 is 15.7 Å². The first-order valence-electron chi connectivity index (χ1n) is 6.16. The van der Waals surface area contributed by atoms with E-state index in [0.717, 1.165) is 12.5 Å². The van der Waals surface area contributed by atoms with E-state index >= 15 is 0 Å². The van der Waals surface area contributed by atoms with E-state index in [0.29, 0.717) is 12.8 Å². The number of nitrogens with one attached hydrogen (secondary N) is 2. The third kappa shape index (κ3) is 3.39. The van der Waals surface area contributed by atoms with Gasteiger partial charge in [0.2, 0.25) is 0 Å². The van der Waals surface area contributed by atoms with Gasteiger partial charge in [-0.3, -0.25) is 4.79 Å². The number of anilines is 1. The molecule has 108 valence electrons. The Morgan fingerprint density at radius 2 is 2.10 bits per heavy atom. The van der Waals surface area contributed by atoms with Crippen LogP contribution in [0.15, 0.2) is 18.2 Å². The Kier molecular flexibility index (Phi) is 4.13. The normalized spacial score (nSPS) is 16.1. The summed E-state index contributed by atoms with van der Waals surface area (Å²) < 4.78 is 13.5. The molecule has 1 fully saturated rings. The molecule has 0 saturated heterocycles. The first-order chi connectivity index (χ1) is 9.40. The molecule has 0 aliphatic heterocycles. The first kappa shape index (κ1) is 14.6. The summed E-state index contributed by atoms with van der Waals surface area (Å²) in [5.74, 6) is -1.61. The van der Waals surface area contributed by atoms with Crippen molar-refractivity contribution >= 4 is 29.3 Å². The topological polar surface area (TPSA) is 78.4 Å². The van der Waals surface area contributed by atoms with Crippen LogP contribution in [-0.2, 0) is 4.79 Å². The van der Waals surface area contributed by atoms with Gasteiger partial charge in [-0.2, -0.15) is 0 Å². The van der Waals surface area contributed by atoms with Crippen molar-refractivity contribution in [2.24, 2.45) is 0 Å². The van der Waals surface area contributed by atoms with Crippen molar-refractivity contribution in [2.45, 2.75) is 31.2 Å². The lowest BCUT2D eigenvalue weighted by Crippen LogP contribution is -2.55. The van der Waals surface area contributed by atoms with Crippen molar-refractivity contribution in [3.8, 4) is 0 Å². The fourth-order valence-electron chi connectivity index (χ4n) is 2.22. The van der Waals surface area contributed by atoms with Crippen molar-refractivity contribution < 1.29 is 19.1 Å². The molecule has 7 heteroatoms. The Morgan fingerprint density at radius 1 is 1.40 bits per heavy atom. The van der Waals surface area contributed by atoms with E-state index in [1.165, 1.54) is 12.1 Å². The number of hydrogen-bond donors (Lipinski definition) is 3. The van der Waals surface area contributed by atoms with Crippen molar-refractivity contribution in [1.29, 1.82) is 0 Å². The molecule has 1 aliphatic carbocycles. The molecule has 2 rings (SSSR count). The highest BCUT2D eigenvalue weighted by Crippen LogP contribution is 2.35. The standard InChI is InChI=1S/C13H14ClFN2O3/c14-8-2-3-10(9(15)6-8)16-12(20)17-13(4-1-5-13)7-11(18)19/h2-3,6H,1,4-5,7H2,(H,18,19)(H2,16,17,20). The summed E-state index contributed by atoms with van der Waals surface area (Å²) in [6.07, 6.45) is 1.94. The summed E-state index contributed by atoms with van der Waals surface area (Å²) in [5.41, 5.74) is -0.726. The lowest BCUT2D eigenvalue weighted by Gasteiger charge is -2.41. The predicted molar refractivity (Wildman–Crippen MR) is 72.4 cm³/mol. The summed E-state index contributed by atoms with van der Waals surface area (Å²) in [6.45, 7) is 0. The second-order valence-corrected chi connectivity index (χ2v) is 5.34. The SMILES string of the molecule is O=C(O)CC1(NC(=O)Nc2ccc(Cl)cc2F)CCC1. The summed E-state index contributed by atoms with van der Waals surface area (Å²) in [5, 5.41) is 14.1. The maximum atomic E-state index is 13.5. The Hall–Kier alpha value is -1.82. The predicted octanol–water partition coefficient (Wildman–Crippen LogP) is 3.00. The van der Waals surface area contributed by atoms with Gasteiger partial charge in [0, 0.05) is 5.02 Å². The molecule has 3 N–H and O–H groups in total. The summed E-state index contributed by atoms with van der Waals surface area (Å²) >= 11 is 5.62.